The van der Waals surface area contributed by atoms with Gasteiger partial charge in [-0.3, -0.25) is 9.30 Å². The van der Waals surface area contributed by atoms with Crippen LogP contribution in [0.3, 0.4) is 0 Å². The number of pyridine rings is 1. The van der Waals surface area contributed by atoms with Crippen LogP contribution in [0.5, 0.6) is 0 Å². The lowest BCUT2D eigenvalue weighted by molar-refractivity contribution is 0.278. The van der Waals surface area contributed by atoms with Crippen LogP contribution in [0.1, 0.15) is 17.5 Å². The highest BCUT2D eigenvalue weighted by Crippen LogP contribution is 2.20. The molecule has 6 nitrogen and oxygen atoms in total. The predicted octanol–water partition coefficient (Wildman–Crippen LogP) is 2.54. The van der Waals surface area contributed by atoms with Gasteiger partial charge in [0.05, 0.1) is 6.20 Å². The summed E-state index contributed by atoms with van der Waals surface area (Å²) in [6.45, 7) is 5.58. The summed E-state index contributed by atoms with van der Waals surface area (Å²) in [6, 6.07) is 14.0. The monoisotopic (exact) mass is 384 g/mol. The molecule has 27 heavy (non-hydrogen) atoms. The number of sulfonamides is 1. The van der Waals surface area contributed by atoms with Gasteiger partial charge in [0.2, 0.25) is 0 Å². The molecule has 3 aromatic rings. The van der Waals surface area contributed by atoms with Gasteiger partial charge in [0.1, 0.15) is 5.65 Å². The summed E-state index contributed by atoms with van der Waals surface area (Å²) in [5, 5.41) is 0.241. The lowest BCUT2D eigenvalue weighted by Gasteiger charge is -2.21. The van der Waals surface area contributed by atoms with Gasteiger partial charge in [0.15, 0.2) is 5.03 Å². The number of imidazole rings is 1. The Morgan fingerprint density at radius 3 is 2.63 bits per heavy atom. The van der Waals surface area contributed by atoms with E-state index in [4.69, 9.17) is 0 Å². The molecule has 0 radical (unpaired) electrons. The fourth-order valence-electron chi connectivity index (χ4n) is 3.53. The molecule has 0 aliphatic carbocycles. The molecule has 0 bridgehead atoms. The quantitative estimate of drug-likeness (QED) is 0.694. The normalized spacial score (nSPS) is 17.2. The Balaban J connectivity index is 1.49. The van der Waals surface area contributed by atoms with Crippen molar-refractivity contribution in [1.82, 2.24) is 18.6 Å². The third kappa shape index (κ3) is 3.76. The molecule has 0 atom stereocenters. The van der Waals surface area contributed by atoms with Crippen molar-refractivity contribution in [3.8, 4) is 0 Å². The molecule has 7 heteroatoms. The van der Waals surface area contributed by atoms with Crippen LogP contribution in [0.25, 0.3) is 5.65 Å². The second-order valence-electron chi connectivity index (χ2n) is 7.04. The van der Waals surface area contributed by atoms with Crippen LogP contribution in [0.15, 0.2) is 59.9 Å². The molecule has 4 rings (SSSR count). The number of benzene rings is 1. The Morgan fingerprint density at radius 2 is 1.81 bits per heavy atom. The maximum atomic E-state index is 13.2. The van der Waals surface area contributed by atoms with E-state index in [-0.39, 0.29) is 5.03 Å². The zero-order chi connectivity index (χ0) is 18.9. The van der Waals surface area contributed by atoms with Crippen LogP contribution in [0.2, 0.25) is 0 Å². The van der Waals surface area contributed by atoms with Gasteiger partial charge in [-0.05, 0) is 37.6 Å². The number of aryl methyl sites for hydroxylation is 1. The smallest absolute Gasteiger partial charge is 0.260 e. The zero-order valence-electron chi connectivity index (χ0n) is 15.5. The number of rotatable bonds is 4. The first-order valence-corrected chi connectivity index (χ1v) is 10.7. The lowest BCUT2D eigenvalue weighted by atomic mass is 10.1. The molecule has 1 aliphatic heterocycles. The van der Waals surface area contributed by atoms with Crippen LogP contribution in [-0.4, -0.2) is 53.2 Å². The highest BCUT2D eigenvalue weighted by molar-refractivity contribution is 7.89. The van der Waals surface area contributed by atoms with Crippen LogP contribution >= 0.6 is 0 Å². The van der Waals surface area contributed by atoms with Crippen LogP contribution in [0.4, 0.5) is 0 Å². The molecule has 0 N–H and O–H groups in total. The molecule has 0 saturated carbocycles. The summed E-state index contributed by atoms with van der Waals surface area (Å²) < 4.78 is 29.6. The third-order valence-electron chi connectivity index (χ3n) is 5.06. The van der Waals surface area contributed by atoms with Crippen LogP contribution in [-0.2, 0) is 16.6 Å². The molecule has 1 fully saturated rings. The van der Waals surface area contributed by atoms with Gasteiger partial charge in [-0.25, -0.2) is 13.4 Å². The minimum atomic E-state index is -3.56. The fourth-order valence-corrected chi connectivity index (χ4v) is 5.07. The van der Waals surface area contributed by atoms with Crippen molar-refractivity contribution in [2.45, 2.75) is 24.9 Å². The van der Waals surface area contributed by atoms with Gasteiger partial charge < -0.3 is 0 Å². The fraction of sp³-hybridized carbons (Fsp3) is 0.350. The average Bonchev–Trinajstić information content (AvgIpc) is 2.96. The van der Waals surface area contributed by atoms with Crippen molar-refractivity contribution >= 4 is 15.7 Å². The van der Waals surface area contributed by atoms with Crippen molar-refractivity contribution in [3.05, 3.63) is 66.0 Å². The number of hydrogen-bond donors (Lipinski definition) is 0. The largest absolute Gasteiger partial charge is 0.298 e. The van der Waals surface area contributed by atoms with Crippen molar-refractivity contribution in [2.75, 3.05) is 26.2 Å². The van der Waals surface area contributed by atoms with E-state index < -0.39 is 10.0 Å². The summed E-state index contributed by atoms with van der Waals surface area (Å²) in [5.74, 6) is 0. The number of aromatic nitrogens is 2. The average molecular weight is 385 g/mol. The van der Waals surface area contributed by atoms with E-state index in [1.54, 1.807) is 14.9 Å². The van der Waals surface area contributed by atoms with Gasteiger partial charge in [0, 0.05) is 32.4 Å². The summed E-state index contributed by atoms with van der Waals surface area (Å²) in [5.41, 5.74) is 3.16. The number of fused-ring (bicyclic) bond motifs is 1. The van der Waals surface area contributed by atoms with Gasteiger partial charge in [0.25, 0.3) is 10.0 Å². The SMILES string of the molecule is Cc1ccc(CN2CCCN(S(=O)(=O)c3cnc4ccccn34)CC2)cc1. The van der Waals surface area contributed by atoms with E-state index in [1.165, 1.54) is 17.3 Å². The minimum absolute atomic E-state index is 0.241. The molecule has 142 valence electrons. The van der Waals surface area contributed by atoms with Crippen molar-refractivity contribution < 1.29 is 8.42 Å². The highest BCUT2D eigenvalue weighted by atomic mass is 32.2. The molecule has 2 aromatic heterocycles. The van der Waals surface area contributed by atoms with E-state index in [1.807, 2.05) is 18.2 Å². The van der Waals surface area contributed by atoms with Crippen molar-refractivity contribution in [3.63, 3.8) is 0 Å². The van der Waals surface area contributed by atoms with E-state index in [9.17, 15) is 8.42 Å². The van der Waals surface area contributed by atoms with Crippen molar-refractivity contribution in [1.29, 1.82) is 0 Å². The maximum Gasteiger partial charge on any atom is 0.260 e. The summed E-state index contributed by atoms with van der Waals surface area (Å²) in [6.07, 6.45) is 4.03. The Bertz CT molecular complexity index is 1030. The first kappa shape index (κ1) is 18.2. The summed E-state index contributed by atoms with van der Waals surface area (Å²) >= 11 is 0. The third-order valence-corrected chi connectivity index (χ3v) is 6.94. The molecular weight excluding hydrogens is 360 g/mol. The second-order valence-corrected chi connectivity index (χ2v) is 8.93. The Kier molecular flexibility index (Phi) is 4.99. The Hall–Kier alpha value is -2.22. The molecule has 1 aliphatic rings. The van der Waals surface area contributed by atoms with Crippen molar-refractivity contribution in [2.24, 2.45) is 0 Å². The first-order chi connectivity index (χ1) is 13.0. The molecule has 0 spiro atoms. The topological polar surface area (TPSA) is 57.9 Å². The molecule has 1 saturated heterocycles. The first-order valence-electron chi connectivity index (χ1n) is 9.24. The molecule has 1 aromatic carbocycles. The van der Waals surface area contributed by atoms with E-state index in [0.717, 1.165) is 26.1 Å². The molecule has 0 unspecified atom stereocenters. The number of nitrogens with zero attached hydrogens (tertiary/aromatic N) is 4. The number of hydrogen-bond acceptors (Lipinski definition) is 4. The van der Waals surface area contributed by atoms with Gasteiger partial charge >= 0.3 is 0 Å². The maximum absolute atomic E-state index is 13.2. The standard InChI is InChI=1S/C20H24N4O2S/c1-17-6-8-18(9-7-17)16-22-10-4-11-23(14-13-22)27(25,26)20-15-21-19-5-2-3-12-24(19)20/h2-3,5-9,12,15H,4,10-11,13-14,16H2,1H3. The van der Waals surface area contributed by atoms with E-state index in [2.05, 4.69) is 41.1 Å². The summed E-state index contributed by atoms with van der Waals surface area (Å²) in [4.78, 5) is 6.56. The highest BCUT2D eigenvalue weighted by Gasteiger charge is 2.29. The molecular formula is C20H24N4O2S. The minimum Gasteiger partial charge on any atom is -0.298 e. The molecule has 3 heterocycles. The second kappa shape index (κ2) is 7.42. The van der Waals surface area contributed by atoms with E-state index in [0.29, 0.717) is 18.7 Å². The van der Waals surface area contributed by atoms with Crippen LogP contribution < -0.4 is 0 Å². The summed E-state index contributed by atoms with van der Waals surface area (Å²) in [7, 11) is -3.56. The zero-order valence-corrected chi connectivity index (χ0v) is 16.3. The predicted molar refractivity (Wildman–Crippen MR) is 105 cm³/mol. The van der Waals surface area contributed by atoms with Gasteiger partial charge in [-0.15, -0.1) is 0 Å². The molecule has 0 amide bonds. The Labute approximate surface area is 160 Å². The Morgan fingerprint density at radius 1 is 1.00 bits per heavy atom. The van der Waals surface area contributed by atoms with Gasteiger partial charge in [-0.1, -0.05) is 35.9 Å². The lowest BCUT2D eigenvalue weighted by Crippen LogP contribution is -2.35. The van der Waals surface area contributed by atoms with E-state index >= 15 is 0 Å². The van der Waals surface area contributed by atoms with Gasteiger partial charge in [-0.2, -0.15) is 4.31 Å². The van der Waals surface area contributed by atoms with Crippen LogP contribution in [0, 0.1) is 6.92 Å².